The lowest BCUT2D eigenvalue weighted by molar-refractivity contribution is 0.551. The van der Waals surface area contributed by atoms with Crippen LogP contribution in [0, 0.1) is 11.6 Å². The van der Waals surface area contributed by atoms with Crippen LogP contribution in [0.1, 0.15) is 43.9 Å². The molecule has 0 radical (unpaired) electrons. The van der Waals surface area contributed by atoms with Crippen LogP contribution >= 0.6 is 0 Å². The lowest BCUT2D eigenvalue weighted by atomic mass is 10.1. The average molecular weight is 291 g/mol. The molecular formula is C16H19F2N3. The van der Waals surface area contributed by atoms with Gasteiger partial charge < -0.3 is 5.32 Å². The normalized spacial score (nSPS) is 14.9. The Morgan fingerprint density at radius 2 is 1.95 bits per heavy atom. The Balaban J connectivity index is 1.86. The molecule has 1 fully saturated rings. The molecule has 3 rings (SSSR count). The van der Waals surface area contributed by atoms with E-state index in [4.69, 9.17) is 0 Å². The van der Waals surface area contributed by atoms with Gasteiger partial charge in [-0.1, -0.05) is 13.8 Å². The van der Waals surface area contributed by atoms with Gasteiger partial charge in [-0.15, -0.1) is 0 Å². The van der Waals surface area contributed by atoms with Crippen molar-refractivity contribution >= 4 is 0 Å². The van der Waals surface area contributed by atoms with E-state index in [-0.39, 0.29) is 11.6 Å². The molecule has 5 heteroatoms. The molecule has 3 nitrogen and oxygen atoms in total. The van der Waals surface area contributed by atoms with E-state index in [1.165, 1.54) is 16.8 Å². The second kappa shape index (κ2) is 5.56. The van der Waals surface area contributed by atoms with E-state index in [1.54, 1.807) is 12.3 Å². The van der Waals surface area contributed by atoms with Gasteiger partial charge in [0, 0.05) is 18.8 Å². The molecule has 112 valence electrons. The van der Waals surface area contributed by atoms with E-state index in [2.05, 4.69) is 10.4 Å². The van der Waals surface area contributed by atoms with E-state index in [0.29, 0.717) is 18.2 Å². The molecule has 0 unspecified atom stereocenters. The summed E-state index contributed by atoms with van der Waals surface area (Å²) in [4.78, 5) is 0. The molecule has 21 heavy (non-hydrogen) atoms. The first kappa shape index (κ1) is 14.2. The third kappa shape index (κ3) is 3.13. The van der Waals surface area contributed by atoms with E-state index >= 15 is 0 Å². The van der Waals surface area contributed by atoms with E-state index in [1.807, 2.05) is 13.8 Å². The van der Waals surface area contributed by atoms with Gasteiger partial charge in [-0.05, 0) is 42.5 Å². The Labute approximate surface area is 123 Å². The summed E-state index contributed by atoms with van der Waals surface area (Å²) < 4.78 is 29.7. The summed E-state index contributed by atoms with van der Waals surface area (Å²) in [5, 5.41) is 7.49. The smallest absolute Gasteiger partial charge is 0.152 e. The van der Waals surface area contributed by atoms with Crippen molar-refractivity contribution in [1.82, 2.24) is 15.1 Å². The molecule has 0 bridgehead atoms. The molecule has 1 aromatic heterocycles. The predicted octanol–water partition coefficient (Wildman–Crippen LogP) is 3.53. The van der Waals surface area contributed by atoms with Crippen LogP contribution in [0.4, 0.5) is 8.78 Å². The highest BCUT2D eigenvalue weighted by molar-refractivity contribution is 5.38. The van der Waals surface area contributed by atoms with Gasteiger partial charge in [0.25, 0.3) is 0 Å². The number of hydrogen-bond acceptors (Lipinski definition) is 2. The first-order valence-corrected chi connectivity index (χ1v) is 7.32. The van der Waals surface area contributed by atoms with Gasteiger partial charge in [0.05, 0.1) is 5.69 Å². The number of halogens is 2. The van der Waals surface area contributed by atoms with Crippen molar-refractivity contribution in [2.24, 2.45) is 0 Å². The maximum absolute atomic E-state index is 14.2. The van der Waals surface area contributed by atoms with Crippen LogP contribution in [-0.2, 0) is 6.54 Å². The Bertz CT molecular complexity index is 622. The van der Waals surface area contributed by atoms with Crippen molar-refractivity contribution in [2.45, 2.75) is 45.2 Å². The summed E-state index contributed by atoms with van der Waals surface area (Å²) in [5.74, 6) is -0.943. The molecule has 1 N–H and O–H groups in total. The Kier molecular flexibility index (Phi) is 3.76. The molecule has 1 heterocycles. The lowest BCUT2D eigenvalue weighted by Crippen LogP contribution is -2.16. The number of nitrogens with one attached hydrogen (secondary N) is 1. The summed E-state index contributed by atoms with van der Waals surface area (Å²) in [6.07, 6.45) is 3.89. The molecule has 2 aromatic rings. The zero-order valence-corrected chi connectivity index (χ0v) is 12.2. The van der Waals surface area contributed by atoms with Crippen molar-refractivity contribution in [3.8, 4) is 5.69 Å². The Hall–Kier alpha value is -1.75. The minimum absolute atomic E-state index is 0.114. The zero-order valence-electron chi connectivity index (χ0n) is 12.2. The first-order valence-electron chi connectivity index (χ1n) is 7.32. The first-order chi connectivity index (χ1) is 10.0. The maximum atomic E-state index is 14.2. The standard InChI is InChI=1S/C16H19F2N3/c1-10(2)15-5-6-21(20-15)16-13(17)7-11(8-14(16)18)9-19-12-3-4-12/h5-8,10,12,19H,3-4,9H2,1-2H3. The van der Waals surface area contributed by atoms with Crippen molar-refractivity contribution in [1.29, 1.82) is 0 Å². The Morgan fingerprint density at radius 1 is 1.29 bits per heavy atom. The fraction of sp³-hybridized carbons (Fsp3) is 0.438. The van der Waals surface area contributed by atoms with Crippen molar-refractivity contribution in [3.05, 3.63) is 47.3 Å². The molecule has 0 aliphatic heterocycles. The molecule has 1 aliphatic carbocycles. The van der Waals surface area contributed by atoms with Crippen molar-refractivity contribution in [2.75, 3.05) is 0 Å². The number of benzene rings is 1. The lowest BCUT2D eigenvalue weighted by Gasteiger charge is -2.09. The minimum Gasteiger partial charge on any atom is -0.310 e. The summed E-state index contributed by atoms with van der Waals surface area (Å²) in [6.45, 7) is 4.48. The van der Waals surface area contributed by atoms with Gasteiger partial charge in [0.2, 0.25) is 0 Å². The second-order valence-electron chi connectivity index (χ2n) is 5.90. The molecule has 1 saturated carbocycles. The molecule has 0 amide bonds. The highest BCUT2D eigenvalue weighted by Gasteiger charge is 2.21. The van der Waals surface area contributed by atoms with Gasteiger partial charge in [-0.3, -0.25) is 0 Å². The van der Waals surface area contributed by atoms with E-state index in [0.717, 1.165) is 18.5 Å². The number of hydrogen-bond donors (Lipinski definition) is 1. The summed E-state index contributed by atoms with van der Waals surface area (Å²) in [5.41, 5.74) is 1.32. The molecule has 0 atom stereocenters. The molecular weight excluding hydrogens is 272 g/mol. The number of rotatable bonds is 5. The van der Waals surface area contributed by atoms with Gasteiger partial charge in [-0.25, -0.2) is 13.5 Å². The summed E-state index contributed by atoms with van der Waals surface area (Å²) in [7, 11) is 0. The van der Waals surface area contributed by atoms with Gasteiger partial charge >= 0.3 is 0 Å². The monoisotopic (exact) mass is 291 g/mol. The fourth-order valence-corrected chi connectivity index (χ4v) is 2.26. The van der Waals surface area contributed by atoms with Crippen LogP contribution in [-0.4, -0.2) is 15.8 Å². The van der Waals surface area contributed by atoms with Crippen LogP contribution in [0.25, 0.3) is 5.69 Å². The molecule has 0 saturated heterocycles. The van der Waals surface area contributed by atoms with Crippen LogP contribution in [0.3, 0.4) is 0 Å². The third-order valence-electron chi connectivity index (χ3n) is 3.68. The SMILES string of the molecule is CC(C)c1ccn(-c2c(F)cc(CNC3CC3)cc2F)n1. The van der Waals surface area contributed by atoms with Crippen LogP contribution in [0.15, 0.2) is 24.4 Å². The van der Waals surface area contributed by atoms with Gasteiger partial charge in [0.15, 0.2) is 11.6 Å². The highest BCUT2D eigenvalue weighted by Crippen LogP contribution is 2.23. The van der Waals surface area contributed by atoms with Crippen LogP contribution < -0.4 is 5.32 Å². The topological polar surface area (TPSA) is 29.9 Å². The molecule has 0 spiro atoms. The van der Waals surface area contributed by atoms with Gasteiger partial charge in [-0.2, -0.15) is 5.10 Å². The van der Waals surface area contributed by atoms with Crippen LogP contribution in [0.5, 0.6) is 0 Å². The highest BCUT2D eigenvalue weighted by atomic mass is 19.1. The van der Waals surface area contributed by atoms with Crippen LogP contribution in [0.2, 0.25) is 0 Å². The molecule has 1 aliphatic rings. The predicted molar refractivity (Wildman–Crippen MR) is 77.4 cm³/mol. The second-order valence-corrected chi connectivity index (χ2v) is 5.90. The fourth-order valence-electron chi connectivity index (χ4n) is 2.26. The van der Waals surface area contributed by atoms with Gasteiger partial charge in [0.1, 0.15) is 5.69 Å². The quantitative estimate of drug-likeness (QED) is 0.913. The average Bonchev–Trinajstić information content (AvgIpc) is 3.12. The van der Waals surface area contributed by atoms with E-state index in [9.17, 15) is 8.78 Å². The van der Waals surface area contributed by atoms with Crippen molar-refractivity contribution < 1.29 is 8.78 Å². The molecule has 1 aromatic carbocycles. The van der Waals surface area contributed by atoms with Crippen molar-refractivity contribution in [3.63, 3.8) is 0 Å². The Morgan fingerprint density at radius 3 is 2.48 bits per heavy atom. The largest absolute Gasteiger partial charge is 0.310 e. The number of nitrogens with zero attached hydrogens (tertiary/aromatic N) is 2. The minimum atomic E-state index is -0.582. The summed E-state index contributed by atoms with van der Waals surface area (Å²) >= 11 is 0. The maximum Gasteiger partial charge on any atom is 0.152 e. The number of aromatic nitrogens is 2. The van der Waals surface area contributed by atoms with E-state index < -0.39 is 11.6 Å². The summed E-state index contributed by atoms with van der Waals surface area (Å²) in [6, 6.07) is 5.05. The third-order valence-corrected chi connectivity index (χ3v) is 3.68. The zero-order chi connectivity index (χ0) is 15.0.